The number of hydrogen-bond acceptors (Lipinski definition) is 3. The molecule has 0 aliphatic rings. The molecule has 0 N–H and O–H groups in total. The van der Waals surface area contributed by atoms with E-state index in [1.807, 2.05) is 0 Å². The average molecular weight is 319 g/mol. The molecule has 0 aliphatic carbocycles. The molecule has 0 unspecified atom stereocenters. The van der Waals surface area contributed by atoms with Gasteiger partial charge in [-0.15, -0.1) is 0 Å². The minimum absolute atomic E-state index is 0.0627. The minimum atomic E-state index is -0.564. The Hall–Kier alpha value is -2.40. The molecular formula is C16H12ClFN2O2. The zero-order valence-corrected chi connectivity index (χ0v) is 12.7. The van der Waals surface area contributed by atoms with Crippen molar-refractivity contribution in [3.63, 3.8) is 0 Å². The van der Waals surface area contributed by atoms with E-state index in [1.54, 1.807) is 26.1 Å². The van der Waals surface area contributed by atoms with Gasteiger partial charge in [-0.3, -0.25) is 4.79 Å². The molecule has 0 saturated carbocycles. The first-order chi connectivity index (χ1) is 10.5. The predicted octanol–water partition coefficient (Wildman–Crippen LogP) is 3.83. The smallest absolute Gasteiger partial charge is 0.261 e. The number of benzene rings is 2. The number of halogens is 2. The number of ether oxygens (including phenoxy) is 1. The molecule has 3 aromatic rings. The van der Waals surface area contributed by atoms with E-state index in [9.17, 15) is 9.18 Å². The van der Waals surface area contributed by atoms with Crippen molar-refractivity contribution >= 4 is 22.5 Å². The normalized spacial score (nSPS) is 10.9. The van der Waals surface area contributed by atoms with Crippen molar-refractivity contribution in [1.82, 2.24) is 9.55 Å². The van der Waals surface area contributed by atoms with E-state index in [-0.39, 0.29) is 16.3 Å². The zero-order chi connectivity index (χ0) is 15.9. The molecular weight excluding hydrogens is 307 g/mol. The third-order valence-electron chi connectivity index (χ3n) is 3.43. The molecule has 1 heterocycles. The summed E-state index contributed by atoms with van der Waals surface area (Å²) in [5.41, 5.74) is 0.964. The highest BCUT2D eigenvalue weighted by Gasteiger charge is 2.14. The molecule has 0 amide bonds. The average Bonchev–Trinajstić information content (AvgIpc) is 2.49. The number of aromatic nitrogens is 2. The second kappa shape index (κ2) is 5.42. The lowest BCUT2D eigenvalue weighted by atomic mass is 10.1. The van der Waals surface area contributed by atoms with E-state index in [0.717, 1.165) is 0 Å². The van der Waals surface area contributed by atoms with Gasteiger partial charge in [-0.1, -0.05) is 17.7 Å². The topological polar surface area (TPSA) is 44.1 Å². The molecule has 22 heavy (non-hydrogen) atoms. The predicted molar refractivity (Wildman–Crippen MR) is 83.2 cm³/mol. The zero-order valence-electron chi connectivity index (χ0n) is 11.9. The Labute approximate surface area is 130 Å². The molecule has 0 radical (unpaired) electrons. The molecule has 1 aromatic heterocycles. The Bertz CT molecular complexity index is 917. The maximum Gasteiger partial charge on any atom is 0.261 e. The maximum atomic E-state index is 13.8. The molecule has 0 fully saturated rings. The van der Waals surface area contributed by atoms with Gasteiger partial charge in [0, 0.05) is 12.6 Å². The lowest BCUT2D eigenvalue weighted by Gasteiger charge is -2.12. The summed E-state index contributed by atoms with van der Waals surface area (Å²) >= 11 is 5.96. The summed E-state index contributed by atoms with van der Waals surface area (Å²) in [5.74, 6) is -0.261. The number of para-hydroxylation sites is 1. The van der Waals surface area contributed by atoms with Crippen LogP contribution in [-0.4, -0.2) is 9.55 Å². The molecule has 0 atom stereocenters. The van der Waals surface area contributed by atoms with Gasteiger partial charge in [-0.05, 0) is 31.2 Å². The van der Waals surface area contributed by atoms with Crippen LogP contribution in [0.5, 0.6) is 11.5 Å². The van der Waals surface area contributed by atoms with Crippen LogP contribution < -0.4 is 10.3 Å². The highest BCUT2D eigenvalue weighted by atomic mass is 35.5. The lowest BCUT2D eigenvalue weighted by Crippen LogP contribution is -2.18. The molecule has 2 aromatic carbocycles. The van der Waals surface area contributed by atoms with Gasteiger partial charge in [0.15, 0.2) is 11.6 Å². The second-order valence-electron chi connectivity index (χ2n) is 4.90. The Morgan fingerprint density at radius 2 is 2.05 bits per heavy atom. The van der Waals surface area contributed by atoms with Gasteiger partial charge in [0.25, 0.3) is 5.56 Å². The van der Waals surface area contributed by atoms with E-state index in [2.05, 4.69) is 4.98 Å². The third kappa shape index (κ3) is 2.33. The van der Waals surface area contributed by atoms with Gasteiger partial charge in [0.05, 0.1) is 22.3 Å². The Balaban J connectivity index is 2.19. The van der Waals surface area contributed by atoms with Crippen LogP contribution >= 0.6 is 11.6 Å². The van der Waals surface area contributed by atoms with Crippen molar-refractivity contribution in [3.05, 3.63) is 63.4 Å². The van der Waals surface area contributed by atoms with Crippen LogP contribution in [0.25, 0.3) is 10.9 Å². The molecule has 4 nitrogen and oxygen atoms in total. The van der Waals surface area contributed by atoms with Crippen LogP contribution in [0.2, 0.25) is 5.02 Å². The van der Waals surface area contributed by atoms with Gasteiger partial charge in [-0.2, -0.15) is 0 Å². The van der Waals surface area contributed by atoms with Crippen molar-refractivity contribution in [1.29, 1.82) is 0 Å². The molecule has 0 aliphatic heterocycles. The summed E-state index contributed by atoms with van der Waals surface area (Å²) in [6, 6.07) is 7.60. The molecule has 0 bridgehead atoms. The monoisotopic (exact) mass is 318 g/mol. The first kappa shape index (κ1) is 14.5. The van der Waals surface area contributed by atoms with E-state index in [4.69, 9.17) is 16.3 Å². The van der Waals surface area contributed by atoms with Crippen LogP contribution in [0.4, 0.5) is 4.39 Å². The second-order valence-corrected chi connectivity index (χ2v) is 5.30. The number of nitrogens with zero attached hydrogens (tertiary/aromatic N) is 2. The van der Waals surface area contributed by atoms with Crippen molar-refractivity contribution in [2.24, 2.45) is 7.05 Å². The van der Waals surface area contributed by atoms with Crippen molar-refractivity contribution in [2.75, 3.05) is 0 Å². The first-order valence-corrected chi connectivity index (χ1v) is 6.93. The third-order valence-corrected chi connectivity index (χ3v) is 3.73. The summed E-state index contributed by atoms with van der Waals surface area (Å²) in [4.78, 5) is 16.4. The van der Waals surface area contributed by atoms with Crippen LogP contribution in [0.3, 0.4) is 0 Å². The Morgan fingerprint density at radius 3 is 2.77 bits per heavy atom. The maximum absolute atomic E-state index is 13.8. The van der Waals surface area contributed by atoms with Gasteiger partial charge >= 0.3 is 0 Å². The molecule has 112 valence electrons. The minimum Gasteiger partial charge on any atom is -0.452 e. The standard InChI is InChI=1S/C16H12ClFN2O2/c1-9-13(22-15-10(17)4-3-5-11(15)18)7-6-12-14(9)16(21)20(2)8-19-12/h3-8H,1-2H3. The van der Waals surface area contributed by atoms with Crippen molar-refractivity contribution in [3.8, 4) is 11.5 Å². The summed E-state index contributed by atoms with van der Waals surface area (Å²) in [6.45, 7) is 1.73. The van der Waals surface area contributed by atoms with E-state index in [0.29, 0.717) is 22.2 Å². The number of rotatable bonds is 2. The summed E-state index contributed by atoms with van der Waals surface area (Å²) < 4.78 is 20.8. The molecule has 0 saturated heterocycles. The summed E-state index contributed by atoms with van der Waals surface area (Å²) in [7, 11) is 1.62. The van der Waals surface area contributed by atoms with Gasteiger partial charge in [0.2, 0.25) is 0 Å². The fourth-order valence-electron chi connectivity index (χ4n) is 2.23. The molecule has 6 heteroatoms. The number of aryl methyl sites for hydroxylation is 2. The Morgan fingerprint density at radius 1 is 1.27 bits per heavy atom. The van der Waals surface area contributed by atoms with Gasteiger partial charge < -0.3 is 9.30 Å². The van der Waals surface area contributed by atoms with Crippen LogP contribution in [0, 0.1) is 12.7 Å². The van der Waals surface area contributed by atoms with Crippen LogP contribution in [0.15, 0.2) is 41.5 Å². The number of fused-ring (bicyclic) bond motifs is 1. The SMILES string of the molecule is Cc1c(Oc2c(F)cccc2Cl)ccc2ncn(C)c(=O)c12. The highest BCUT2D eigenvalue weighted by Crippen LogP contribution is 2.34. The number of hydrogen-bond donors (Lipinski definition) is 0. The van der Waals surface area contributed by atoms with Gasteiger partial charge in [0.1, 0.15) is 5.75 Å². The Kier molecular flexibility index (Phi) is 3.58. The summed E-state index contributed by atoms with van der Waals surface area (Å²) in [6.07, 6.45) is 1.46. The van der Waals surface area contributed by atoms with Crippen molar-refractivity contribution < 1.29 is 9.13 Å². The highest BCUT2D eigenvalue weighted by molar-refractivity contribution is 6.32. The fraction of sp³-hybridized carbons (Fsp3) is 0.125. The molecule has 3 rings (SSSR count). The van der Waals surface area contributed by atoms with E-state index >= 15 is 0 Å². The van der Waals surface area contributed by atoms with Crippen LogP contribution in [-0.2, 0) is 7.05 Å². The van der Waals surface area contributed by atoms with Gasteiger partial charge in [-0.25, -0.2) is 9.37 Å². The van der Waals surface area contributed by atoms with E-state index in [1.165, 1.54) is 29.1 Å². The van der Waals surface area contributed by atoms with Crippen molar-refractivity contribution in [2.45, 2.75) is 6.92 Å². The van der Waals surface area contributed by atoms with Crippen LogP contribution in [0.1, 0.15) is 5.56 Å². The first-order valence-electron chi connectivity index (χ1n) is 6.56. The quantitative estimate of drug-likeness (QED) is 0.721. The fourth-order valence-corrected chi connectivity index (χ4v) is 2.44. The lowest BCUT2D eigenvalue weighted by molar-refractivity contribution is 0.440. The summed E-state index contributed by atoms with van der Waals surface area (Å²) in [5, 5.41) is 0.605. The largest absolute Gasteiger partial charge is 0.452 e. The molecule has 0 spiro atoms. The van der Waals surface area contributed by atoms with E-state index < -0.39 is 5.82 Å².